The molecule has 0 bridgehead atoms. The molecule has 2 atom stereocenters. The summed E-state index contributed by atoms with van der Waals surface area (Å²) in [4.78, 5) is 6.81. The van der Waals surface area contributed by atoms with E-state index in [0.29, 0.717) is 35.7 Å². The monoisotopic (exact) mass is 586 g/mol. The molecule has 0 fully saturated rings. The zero-order valence-electron chi connectivity index (χ0n) is 24.2. The van der Waals surface area contributed by atoms with E-state index in [4.69, 9.17) is 9.72 Å². The maximum atomic E-state index is 13.0. The summed E-state index contributed by atoms with van der Waals surface area (Å²) in [5.74, 6) is -0.575. The Labute approximate surface area is 249 Å². The number of methoxy groups -OCH3 is 1. The highest BCUT2D eigenvalue weighted by Gasteiger charge is 2.43. The number of aromatic nitrogens is 1. The Balaban J connectivity index is 1.67. The fraction of sp³-hybridized carbons (Fsp3) is 0.229. The fourth-order valence-electron chi connectivity index (χ4n) is 5.61. The summed E-state index contributed by atoms with van der Waals surface area (Å²) in [5, 5.41) is 15.0. The van der Waals surface area contributed by atoms with Crippen molar-refractivity contribution < 1.29 is 27.8 Å². The van der Waals surface area contributed by atoms with Crippen molar-refractivity contribution in [2.45, 2.75) is 24.3 Å². The quantitative estimate of drug-likeness (QED) is 0.181. The Morgan fingerprint density at radius 1 is 0.814 bits per heavy atom. The molecule has 0 aliphatic carbocycles. The van der Waals surface area contributed by atoms with Gasteiger partial charge in [-0.25, -0.2) is 4.98 Å². The highest BCUT2D eigenvalue weighted by Crippen LogP contribution is 2.48. The summed E-state index contributed by atoms with van der Waals surface area (Å²) in [6.07, 6.45) is -4.36. The Morgan fingerprint density at radius 3 is 2.16 bits per heavy atom. The highest BCUT2D eigenvalue weighted by molar-refractivity contribution is 5.86. The van der Waals surface area contributed by atoms with Crippen molar-refractivity contribution in [2.24, 2.45) is 0 Å². The molecule has 0 saturated heterocycles. The van der Waals surface area contributed by atoms with Crippen LogP contribution in [0.25, 0.3) is 22.0 Å². The number of fused-ring (bicyclic) bond motifs is 1. The van der Waals surface area contributed by atoms with E-state index in [1.54, 1.807) is 6.07 Å². The second-order valence-corrected chi connectivity index (χ2v) is 10.7. The van der Waals surface area contributed by atoms with Crippen LogP contribution in [-0.2, 0) is 5.60 Å². The van der Waals surface area contributed by atoms with E-state index in [2.05, 4.69) is 4.74 Å². The van der Waals surface area contributed by atoms with Crippen LogP contribution in [0.3, 0.4) is 0 Å². The van der Waals surface area contributed by atoms with Crippen molar-refractivity contribution in [3.8, 4) is 22.9 Å². The molecule has 222 valence electrons. The van der Waals surface area contributed by atoms with E-state index in [1.165, 1.54) is 31.4 Å². The van der Waals surface area contributed by atoms with E-state index < -0.39 is 17.9 Å². The summed E-state index contributed by atoms with van der Waals surface area (Å²) >= 11 is 0. The molecule has 0 unspecified atom stereocenters. The predicted octanol–water partition coefficient (Wildman–Crippen LogP) is 7.78. The molecular formula is C35H33F3N2O3. The molecule has 1 heterocycles. The van der Waals surface area contributed by atoms with Gasteiger partial charge in [0.15, 0.2) is 0 Å². The summed E-state index contributed by atoms with van der Waals surface area (Å²) in [7, 11) is 5.47. The number of aliphatic hydroxyl groups is 1. The summed E-state index contributed by atoms with van der Waals surface area (Å²) in [6.45, 7) is 0.614. The minimum atomic E-state index is -4.77. The van der Waals surface area contributed by atoms with Crippen molar-refractivity contribution in [1.82, 2.24) is 9.88 Å². The molecule has 5 nitrogen and oxygen atoms in total. The maximum Gasteiger partial charge on any atom is 0.573 e. The molecule has 0 aliphatic heterocycles. The van der Waals surface area contributed by atoms with Crippen molar-refractivity contribution in [2.75, 3.05) is 27.7 Å². The predicted molar refractivity (Wildman–Crippen MR) is 162 cm³/mol. The molecular weight excluding hydrogens is 553 g/mol. The summed E-state index contributed by atoms with van der Waals surface area (Å²) in [6, 6.07) is 33.0. The highest BCUT2D eigenvalue weighted by atomic mass is 19.4. The summed E-state index contributed by atoms with van der Waals surface area (Å²) < 4.78 is 47.8. The van der Waals surface area contributed by atoms with Gasteiger partial charge in [0.2, 0.25) is 5.88 Å². The molecule has 5 rings (SSSR count). The van der Waals surface area contributed by atoms with Crippen molar-refractivity contribution >= 4 is 10.8 Å². The first-order valence-corrected chi connectivity index (χ1v) is 13.9. The SMILES string of the molecule is COc1nc(-c2ccc(OC(F)(F)F)cc2)ccc1[C@@H](c1ccccc1)[C@@](O)(CCN(C)C)c1cccc2ccccc12. The van der Waals surface area contributed by atoms with Gasteiger partial charge in [-0.3, -0.25) is 0 Å². The molecule has 4 aromatic carbocycles. The normalized spacial score (nSPS) is 14.0. The first-order valence-electron chi connectivity index (χ1n) is 13.9. The molecule has 0 saturated carbocycles. The van der Waals surface area contributed by atoms with Crippen LogP contribution in [0.4, 0.5) is 13.2 Å². The Kier molecular flexibility index (Phi) is 8.71. The van der Waals surface area contributed by atoms with Crippen LogP contribution >= 0.6 is 0 Å². The van der Waals surface area contributed by atoms with Crippen LogP contribution in [-0.4, -0.2) is 49.1 Å². The van der Waals surface area contributed by atoms with Gasteiger partial charge in [0.25, 0.3) is 0 Å². The van der Waals surface area contributed by atoms with E-state index in [1.807, 2.05) is 97.9 Å². The molecule has 0 aliphatic rings. The molecule has 0 radical (unpaired) electrons. The molecule has 0 spiro atoms. The van der Waals surface area contributed by atoms with Crippen LogP contribution in [0.1, 0.15) is 29.0 Å². The number of pyridine rings is 1. The van der Waals surface area contributed by atoms with E-state index >= 15 is 0 Å². The third kappa shape index (κ3) is 6.66. The lowest BCUT2D eigenvalue weighted by Crippen LogP contribution is -2.38. The molecule has 8 heteroatoms. The number of rotatable bonds is 10. The van der Waals surface area contributed by atoms with Gasteiger partial charge >= 0.3 is 6.36 Å². The molecule has 5 aromatic rings. The van der Waals surface area contributed by atoms with Crippen LogP contribution in [0.5, 0.6) is 11.6 Å². The average molecular weight is 587 g/mol. The van der Waals surface area contributed by atoms with Crippen LogP contribution < -0.4 is 9.47 Å². The zero-order valence-corrected chi connectivity index (χ0v) is 24.2. The number of halogens is 3. The number of benzene rings is 4. The van der Waals surface area contributed by atoms with Crippen molar-refractivity contribution in [1.29, 1.82) is 0 Å². The number of ether oxygens (including phenoxy) is 2. The smallest absolute Gasteiger partial charge is 0.481 e. The van der Waals surface area contributed by atoms with E-state index in [0.717, 1.165) is 21.9 Å². The third-order valence-electron chi connectivity index (χ3n) is 7.58. The number of hydrogen-bond acceptors (Lipinski definition) is 5. The van der Waals surface area contributed by atoms with Gasteiger partial charge in [0.05, 0.1) is 12.8 Å². The Hall–Kier alpha value is -4.40. The lowest BCUT2D eigenvalue weighted by molar-refractivity contribution is -0.274. The van der Waals surface area contributed by atoms with Gasteiger partial charge in [-0.1, -0.05) is 78.9 Å². The van der Waals surface area contributed by atoms with Gasteiger partial charge in [-0.2, -0.15) is 0 Å². The number of alkyl halides is 3. The first-order chi connectivity index (χ1) is 20.6. The van der Waals surface area contributed by atoms with Crippen molar-refractivity contribution in [3.05, 3.63) is 126 Å². The minimum absolute atomic E-state index is 0.311. The minimum Gasteiger partial charge on any atom is -0.481 e. The van der Waals surface area contributed by atoms with Gasteiger partial charge in [-0.05, 0) is 72.7 Å². The van der Waals surface area contributed by atoms with Crippen LogP contribution in [0.15, 0.2) is 109 Å². The van der Waals surface area contributed by atoms with Crippen molar-refractivity contribution in [3.63, 3.8) is 0 Å². The number of hydrogen-bond donors (Lipinski definition) is 1. The lowest BCUT2D eigenvalue weighted by Gasteiger charge is -2.39. The largest absolute Gasteiger partial charge is 0.573 e. The second kappa shape index (κ2) is 12.5. The van der Waals surface area contributed by atoms with Gasteiger partial charge in [-0.15, -0.1) is 13.2 Å². The number of nitrogens with zero attached hydrogens (tertiary/aromatic N) is 2. The summed E-state index contributed by atoms with van der Waals surface area (Å²) in [5.41, 5.74) is 2.09. The standard InChI is InChI=1S/C35H33F3N2O3/c1-40(2)23-22-34(41,30-15-9-13-24-10-7-8-14-28(24)30)32(26-11-5-4-6-12-26)29-20-21-31(39-33(29)42-3)25-16-18-27(19-17-25)43-35(36,37)38/h4-21,32,41H,22-23H2,1-3H3/t32-,34-/m1/s1. The van der Waals surface area contributed by atoms with Crippen LogP contribution in [0, 0.1) is 0 Å². The topological polar surface area (TPSA) is 54.8 Å². The molecule has 0 amide bonds. The van der Waals surface area contributed by atoms with Gasteiger partial charge in [0.1, 0.15) is 11.4 Å². The van der Waals surface area contributed by atoms with E-state index in [9.17, 15) is 18.3 Å². The van der Waals surface area contributed by atoms with Gasteiger partial charge in [0, 0.05) is 23.6 Å². The molecule has 1 aromatic heterocycles. The maximum absolute atomic E-state index is 13.0. The zero-order chi connectivity index (χ0) is 30.6. The van der Waals surface area contributed by atoms with Gasteiger partial charge < -0.3 is 19.5 Å². The van der Waals surface area contributed by atoms with Crippen LogP contribution in [0.2, 0.25) is 0 Å². The Morgan fingerprint density at radius 2 is 1.49 bits per heavy atom. The first kappa shape index (κ1) is 30.1. The molecule has 43 heavy (non-hydrogen) atoms. The second-order valence-electron chi connectivity index (χ2n) is 10.7. The lowest BCUT2D eigenvalue weighted by atomic mass is 9.70. The van der Waals surface area contributed by atoms with E-state index in [-0.39, 0.29) is 5.75 Å². The average Bonchev–Trinajstić information content (AvgIpc) is 3.00. The fourth-order valence-corrected chi connectivity index (χ4v) is 5.61. The third-order valence-corrected chi connectivity index (χ3v) is 7.58. The Bertz CT molecular complexity index is 1670. The molecule has 1 N–H and O–H groups in total.